The third kappa shape index (κ3) is 5.39. The Morgan fingerprint density at radius 3 is 2.88 bits per heavy atom. The number of hydrogen-bond donors (Lipinski definition) is 5. The van der Waals surface area contributed by atoms with Crippen LogP contribution in [0.25, 0.3) is 0 Å². The monoisotopic (exact) mass is 472 g/mol. The van der Waals surface area contributed by atoms with Crippen molar-refractivity contribution in [2.45, 2.75) is 83.7 Å². The Bertz CT molecular complexity index is 995. The van der Waals surface area contributed by atoms with E-state index in [2.05, 4.69) is 71.8 Å². The van der Waals surface area contributed by atoms with E-state index in [0.29, 0.717) is 35.9 Å². The first-order valence-electron chi connectivity index (χ1n) is 12.0. The molecule has 0 saturated heterocycles. The van der Waals surface area contributed by atoms with Crippen molar-refractivity contribution in [2.24, 2.45) is 11.3 Å². The van der Waals surface area contributed by atoms with Crippen LogP contribution >= 0.6 is 11.9 Å². The molecule has 8 heteroatoms. The first-order chi connectivity index (χ1) is 15.8. The van der Waals surface area contributed by atoms with Crippen LogP contribution in [0.5, 0.6) is 0 Å². The molecule has 180 valence electrons. The largest absolute Gasteiger partial charge is 0.336 e. The summed E-state index contributed by atoms with van der Waals surface area (Å²) >= 11 is 1.48. The van der Waals surface area contributed by atoms with Crippen LogP contribution in [-0.2, 0) is 6.54 Å². The number of benzene rings is 1. The molecule has 0 bridgehead atoms. The molecule has 1 aliphatic heterocycles. The topological polar surface area (TPSA) is 76.8 Å². The number of anilines is 2. The van der Waals surface area contributed by atoms with Gasteiger partial charge in [0.15, 0.2) is 11.6 Å². The summed E-state index contributed by atoms with van der Waals surface area (Å²) in [5.41, 5.74) is 10.7. The SMILES string of the molecule is C/C=C(\NNC(CC)C1CCC(c2cc(Nc3ccc4c(c3F)CNS4)n[nH]2)C1)C(C)(C)C. The summed E-state index contributed by atoms with van der Waals surface area (Å²) in [5, 5.41) is 10.8. The van der Waals surface area contributed by atoms with Gasteiger partial charge in [-0.3, -0.25) is 9.82 Å². The van der Waals surface area contributed by atoms with Gasteiger partial charge in [0.1, 0.15) is 0 Å². The number of rotatable bonds is 8. The van der Waals surface area contributed by atoms with Gasteiger partial charge in [-0.2, -0.15) is 5.10 Å². The van der Waals surface area contributed by atoms with Crippen LogP contribution in [0, 0.1) is 17.2 Å². The molecule has 1 aromatic heterocycles. The lowest BCUT2D eigenvalue weighted by Crippen LogP contribution is -2.45. The van der Waals surface area contributed by atoms with E-state index in [4.69, 9.17) is 0 Å². The number of aromatic nitrogens is 2. The molecule has 1 aromatic carbocycles. The lowest BCUT2D eigenvalue weighted by Gasteiger charge is -2.30. The van der Waals surface area contributed by atoms with E-state index in [1.54, 1.807) is 6.07 Å². The summed E-state index contributed by atoms with van der Waals surface area (Å²) in [7, 11) is 0. The van der Waals surface area contributed by atoms with E-state index in [1.807, 2.05) is 12.1 Å². The van der Waals surface area contributed by atoms with Crippen LogP contribution in [0.15, 0.2) is 34.9 Å². The van der Waals surface area contributed by atoms with Gasteiger partial charge in [-0.15, -0.1) is 0 Å². The van der Waals surface area contributed by atoms with Crippen LogP contribution in [-0.4, -0.2) is 16.2 Å². The van der Waals surface area contributed by atoms with Crippen LogP contribution in [0.4, 0.5) is 15.9 Å². The van der Waals surface area contributed by atoms with Gasteiger partial charge in [0.2, 0.25) is 0 Å². The molecule has 0 spiro atoms. The highest BCUT2D eigenvalue weighted by molar-refractivity contribution is 7.97. The molecule has 4 rings (SSSR count). The number of H-pyrrole nitrogens is 1. The first-order valence-corrected chi connectivity index (χ1v) is 12.8. The standard InChI is InChI=1S/C25H37FN6S/c1-6-18(29-31-22(7-2)25(3,4)5)15-8-9-16(12-15)20-13-23(32-30-20)28-19-10-11-21-17(24(19)26)14-27-33-21/h7,10-11,13,15-16,18,27,29,31H,6,8-9,12,14H2,1-5H3,(H2,28,30,32)/b22-7-. The van der Waals surface area contributed by atoms with E-state index in [9.17, 15) is 4.39 Å². The van der Waals surface area contributed by atoms with Gasteiger partial charge < -0.3 is 10.7 Å². The summed E-state index contributed by atoms with van der Waals surface area (Å²) < 4.78 is 17.9. The molecule has 3 unspecified atom stereocenters. The fourth-order valence-corrected chi connectivity index (χ4v) is 5.77. The molecule has 33 heavy (non-hydrogen) atoms. The number of allylic oxidation sites excluding steroid dienone is 2. The molecule has 1 aliphatic carbocycles. The van der Waals surface area contributed by atoms with Crippen molar-refractivity contribution in [1.29, 1.82) is 0 Å². The Kier molecular flexibility index (Phi) is 7.36. The van der Waals surface area contributed by atoms with E-state index in [1.165, 1.54) is 24.1 Å². The lowest BCUT2D eigenvalue weighted by molar-refractivity contribution is 0.304. The first kappa shape index (κ1) is 24.1. The average Bonchev–Trinajstić information content (AvgIpc) is 3.53. The van der Waals surface area contributed by atoms with E-state index in [0.717, 1.165) is 35.4 Å². The number of nitrogens with zero attached hydrogens (tertiary/aromatic N) is 1. The van der Waals surface area contributed by atoms with E-state index in [-0.39, 0.29) is 11.2 Å². The van der Waals surface area contributed by atoms with Gasteiger partial charge in [0, 0.05) is 51.8 Å². The fourth-order valence-electron chi connectivity index (χ4n) is 4.97. The normalized spacial score (nSPS) is 21.8. The molecule has 2 aromatic rings. The van der Waals surface area contributed by atoms with Gasteiger partial charge in [-0.25, -0.2) is 9.82 Å². The van der Waals surface area contributed by atoms with Crippen molar-refractivity contribution < 1.29 is 4.39 Å². The Morgan fingerprint density at radius 2 is 2.15 bits per heavy atom. The molecule has 1 saturated carbocycles. The molecule has 2 heterocycles. The van der Waals surface area contributed by atoms with Crippen LogP contribution < -0.4 is 20.9 Å². The predicted octanol–water partition coefficient (Wildman–Crippen LogP) is 6.11. The van der Waals surface area contributed by atoms with Crippen molar-refractivity contribution in [3.8, 4) is 0 Å². The Balaban J connectivity index is 1.36. The zero-order valence-electron chi connectivity index (χ0n) is 20.3. The molecule has 0 amide bonds. The number of aromatic amines is 1. The molecular weight excluding hydrogens is 435 g/mol. The summed E-state index contributed by atoms with van der Waals surface area (Å²) in [6, 6.07) is 6.19. The minimum Gasteiger partial charge on any atom is -0.336 e. The minimum atomic E-state index is -0.199. The summed E-state index contributed by atoms with van der Waals surface area (Å²) in [6.07, 6.45) is 6.66. The van der Waals surface area contributed by atoms with Gasteiger partial charge in [-0.05, 0) is 62.6 Å². The average molecular weight is 473 g/mol. The van der Waals surface area contributed by atoms with Gasteiger partial charge in [0.05, 0.1) is 5.69 Å². The minimum absolute atomic E-state index is 0.0885. The number of halogens is 1. The third-order valence-electron chi connectivity index (χ3n) is 6.90. The highest BCUT2D eigenvalue weighted by Crippen LogP contribution is 2.41. The number of fused-ring (bicyclic) bond motifs is 1. The quantitative estimate of drug-likeness (QED) is 0.236. The molecule has 5 N–H and O–H groups in total. The molecule has 3 atom stereocenters. The van der Waals surface area contributed by atoms with Gasteiger partial charge >= 0.3 is 0 Å². The lowest BCUT2D eigenvalue weighted by atomic mass is 9.91. The molecular formula is C25H37FN6S. The zero-order valence-corrected chi connectivity index (χ0v) is 21.1. The van der Waals surface area contributed by atoms with Crippen molar-refractivity contribution in [3.05, 3.63) is 47.0 Å². The molecule has 2 aliphatic rings. The van der Waals surface area contributed by atoms with Crippen LogP contribution in [0.3, 0.4) is 0 Å². The Labute approximate surface area is 201 Å². The van der Waals surface area contributed by atoms with Crippen LogP contribution in [0.1, 0.15) is 77.5 Å². The predicted molar refractivity (Wildman–Crippen MR) is 135 cm³/mol. The number of hydrogen-bond acceptors (Lipinski definition) is 6. The third-order valence-corrected chi connectivity index (χ3v) is 7.79. The van der Waals surface area contributed by atoms with Crippen molar-refractivity contribution in [1.82, 2.24) is 25.8 Å². The second kappa shape index (κ2) is 10.1. The van der Waals surface area contributed by atoms with Crippen molar-refractivity contribution >= 4 is 23.5 Å². The highest BCUT2D eigenvalue weighted by Gasteiger charge is 2.32. The number of hydrazine groups is 1. The maximum absolute atomic E-state index is 14.8. The zero-order chi connectivity index (χ0) is 23.6. The summed E-state index contributed by atoms with van der Waals surface area (Å²) in [6.45, 7) is 11.5. The van der Waals surface area contributed by atoms with E-state index < -0.39 is 0 Å². The Morgan fingerprint density at radius 1 is 1.33 bits per heavy atom. The van der Waals surface area contributed by atoms with Crippen molar-refractivity contribution in [3.63, 3.8) is 0 Å². The van der Waals surface area contributed by atoms with Crippen molar-refractivity contribution in [2.75, 3.05) is 5.32 Å². The van der Waals surface area contributed by atoms with Crippen LogP contribution in [0.2, 0.25) is 0 Å². The van der Waals surface area contributed by atoms with Gasteiger partial charge in [-0.1, -0.05) is 33.8 Å². The van der Waals surface area contributed by atoms with E-state index >= 15 is 0 Å². The second-order valence-corrected chi connectivity index (χ2v) is 11.1. The fraction of sp³-hybridized carbons (Fsp3) is 0.560. The van der Waals surface area contributed by atoms with Gasteiger partial charge in [0.25, 0.3) is 0 Å². The smallest absolute Gasteiger partial charge is 0.152 e. The summed E-state index contributed by atoms with van der Waals surface area (Å²) in [4.78, 5) is 0.954. The molecule has 6 nitrogen and oxygen atoms in total. The Hall–Kier alpha value is -2.03. The maximum atomic E-state index is 14.8. The highest BCUT2D eigenvalue weighted by atomic mass is 32.2. The molecule has 0 radical (unpaired) electrons. The molecule has 1 fully saturated rings. The number of nitrogens with one attached hydrogen (secondary N) is 5. The summed E-state index contributed by atoms with van der Waals surface area (Å²) in [5.74, 6) is 1.52. The second-order valence-electron chi connectivity index (χ2n) is 10.2. The maximum Gasteiger partial charge on any atom is 0.152 e.